The maximum atomic E-state index is 9.30. The molecule has 3 heteroatoms. The standard InChI is InChI=1S/C6H11BrOS/c7-3-6(8)5-1-2-9-4-5/h5-6,8H,1-4H2. The molecule has 1 fully saturated rings. The Morgan fingerprint density at radius 2 is 2.56 bits per heavy atom. The second-order valence-corrected chi connectivity index (χ2v) is 4.14. The summed E-state index contributed by atoms with van der Waals surface area (Å²) in [6, 6.07) is 0. The second kappa shape index (κ2) is 3.84. The molecule has 1 nitrogen and oxygen atoms in total. The van der Waals surface area contributed by atoms with Gasteiger partial charge in [0.15, 0.2) is 0 Å². The number of alkyl halides is 1. The van der Waals surface area contributed by atoms with E-state index >= 15 is 0 Å². The van der Waals surface area contributed by atoms with Crippen molar-refractivity contribution in [2.24, 2.45) is 5.92 Å². The van der Waals surface area contributed by atoms with Crippen molar-refractivity contribution in [1.29, 1.82) is 0 Å². The smallest absolute Gasteiger partial charge is 0.0673 e. The van der Waals surface area contributed by atoms with Gasteiger partial charge in [-0.2, -0.15) is 11.8 Å². The highest BCUT2D eigenvalue weighted by atomic mass is 79.9. The average Bonchev–Trinajstić information content (AvgIpc) is 2.37. The van der Waals surface area contributed by atoms with Crippen molar-refractivity contribution >= 4 is 27.7 Å². The van der Waals surface area contributed by atoms with Crippen molar-refractivity contribution in [3.63, 3.8) is 0 Å². The van der Waals surface area contributed by atoms with E-state index in [1.807, 2.05) is 11.8 Å². The van der Waals surface area contributed by atoms with Crippen LogP contribution in [-0.4, -0.2) is 28.0 Å². The minimum Gasteiger partial charge on any atom is -0.392 e. The van der Waals surface area contributed by atoms with Gasteiger partial charge in [-0.1, -0.05) is 15.9 Å². The van der Waals surface area contributed by atoms with Gasteiger partial charge in [-0.3, -0.25) is 0 Å². The van der Waals surface area contributed by atoms with E-state index in [9.17, 15) is 5.11 Å². The molecule has 2 atom stereocenters. The van der Waals surface area contributed by atoms with E-state index in [2.05, 4.69) is 15.9 Å². The number of hydrogen-bond donors (Lipinski definition) is 1. The third-order valence-corrected chi connectivity index (χ3v) is 3.52. The summed E-state index contributed by atoms with van der Waals surface area (Å²) in [5.41, 5.74) is 0. The van der Waals surface area contributed by atoms with Crippen molar-refractivity contribution in [3.05, 3.63) is 0 Å². The van der Waals surface area contributed by atoms with E-state index in [1.54, 1.807) is 0 Å². The molecule has 1 aliphatic rings. The molecule has 1 heterocycles. The van der Waals surface area contributed by atoms with E-state index in [-0.39, 0.29) is 6.10 Å². The molecule has 1 rings (SSSR count). The second-order valence-electron chi connectivity index (χ2n) is 2.35. The van der Waals surface area contributed by atoms with Crippen LogP contribution < -0.4 is 0 Å². The molecule has 0 radical (unpaired) electrons. The number of thioether (sulfide) groups is 1. The van der Waals surface area contributed by atoms with Gasteiger partial charge in [0.05, 0.1) is 6.10 Å². The van der Waals surface area contributed by atoms with Crippen molar-refractivity contribution in [3.8, 4) is 0 Å². The van der Waals surface area contributed by atoms with Gasteiger partial charge in [-0.15, -0.1) is 0 Å². The van der Waals surface area contributed by atoms with Crippen LogP contribution in [0.5, 0.6) is 0 Å². The summed E-state index contributed by atoms with van der Waals surface area (Å²) in [7, 11) is 0. The summed E-state index contributed by atoms with van der Waals surface area (Å²) in [4.78, 5) is 0. The lowest BCUT2D eigenvalue weighted by Crippen LogP contribution is -2.20. The lowest BCUT2D eigenvalue weighted by molar-refractivity contribution is 0.144. The molecular weight excluding hydrogens is 200 g/mol. The Balaban J connectivity index is 2.24. The number of aliphatic hydroxyl groups is 1. The van der Waals surface area contributed by atoms with Gasteiger partial charge >= 0.3 is 0 Å². The fourth-order valence-electron chi connectivity index (χ4n) is 0.982. The highest BCUT2D eigenvalue weighted by Crippen LogP contribution is 2.26. The van der Waals surface area contributed by atoms with E-state index in [0.717, 1.165) is 11.1 Å². The van der Waals surface area contributed by atoms with Crippen LogP contribution in [0.1, 0.15) is 6.42 Å². The summed E-state index contributed by atoms with van der Waals surface area (Å²) in [6.45, 7) is 0. The van der Waals surface area contributed by atoms with Crippen LogP contribution in [0.3, 0.4) is 0 Å². The zero-order chi connectivity index (χ0) is 6.69. The van der Waals surface area contributed by atoms with Crippen LogP contribution in [0.4, 0.5) is 0 Å². The number of aliphatic hydroxyl groups excluding tert-OH is 1. The third kappa shape index (κ3) is 2.13. The van der Waals surface area contributed by atoms with Gasteiger partial charge in [-0.05, 0) is 23.8 Å². The van der Waals surface area contributed by atoms with Gasteiger partial charge in [0.2, 0.25) is 0 Å². The summed E-state index contributed by atoms with van der Waals surface area (Å²) >= 11 is 5.21. The Labute approximate surface area is 68.3 Å². The molecule has 0 amide bonds. The highest BCUT2D eigenvalue weighted by molar-refractivity contribution is 9.09. The molecule has 1 aliphatic heterocycles. The molecule has 0 aromatic rings. The Hall–Kier alpha value is 0.790. The zero-order valence-corrected chi connectivity index (χ0v) is 7.62. The predicted molar refractivity (Wildman–Crippen MR) is 45.2 cm³/mol. The summed E-state index contributed by atoms with van der Waals surface area (Å²) in [6.07, 6.45) is 1.08. The SMILES string of the molecule is OC(CBr)C1CCSC1. The Morgan fingerprint density at radius 3 is 3.00 bits per heavy atom. The topological polar surface area (TPSA) is 20.2 Å². The van der Waals surface area contributed by atoms with Crippen LogP contribution >= 0.6 is 27.7 Å². The fraction of sp³-hybridized carbons (Fsp3) is 1.00. The van der Waals surface area contributed by atoms with Gasteiger partial charge < -0.3 is 5.11 Å². The number of rotatable bonds is 2. The van der Waals surface area contributed by atoms with E-state index in [1.165, 1.54) is 12.2 Å². The van der Waals surface area contributed by atoms with Crippen LogP contribution in [0.15, 0.2) is 0 Å². The van der Waals surface area contributed by atoms with Crippen LogP contribution in [0.25, 0.3) is 0 Å². The number of hydrogen-bond acceptors (Lipinski definition) is 2. The lowest BCUT2D eigenvalue weighted by atomic mass is 10.0. The van der Waals surface area contributed by atoms with E-state index < -0.39 is 0 Å². The molecule has 2 unspecified atom stereocenters. The van der Waals surface area contributed by atoms with Crippen LogP contribution in [-0.2, 0) is 0 Å². The van der Waals surface area contributed by atoms with Gasteiger partial charge in [0.1, 0.15) is 0 Å². The molecule has 9 heavy (non-hydrogen) atoms. The first-order chi connectivity index (χ1) is 4.34. The monoisotopic (exact) mass is 210 g/mol. The molecule has 0 saturated carbocycles. The van der Waals surface area contributed by atoms with Crippen LogP contribution in [0.2, 0.25) is 0 Å². The minimum absolute atomic E-state index is 0.111. The van der Waals surface area contributed by atoms with E-state index in [0.29, 0.717) is 5.92 Å². The molecule has 1 N–H and O–H groups in total. The quantitative estimate of drug-likeness (QED) is 0.698. The largest absolute Gasteiger partial charge is 0.392 e. The minimum atomic E-state index is -0.111. The molecule has 0 aliphatic carbocycles. The van der Waals surface area contributed by atoms with Gasteiger partial charge in [0, 0.05) is 5.33 Å². The predicted octanol–water partition coefficient (Wildman–Crippen LogP) is 1.50. The maximum absolute atomic E-state index is 9.30. The third-order valence-electron chi connectivity index (χ3n) is 1.67. The summed E-state index contributed by atoms with van der Waals surface area (Å²) < 4.78 is 0. The number of halogens is 1. The average molecular weight is 211 g/mol. The molecular formula is C6H11BrOS. The van der Waals surface area contributed by atoms with Crippen molar-refractivity contribution in [2.45, 2.75) is 12.5 Å². The van der Waals surface area contributed by atoms with Crippen molar-refractivity contribution < 1.29 is 5.11 Å². The lowest BCUT2D eigenvalue weighted by Gasteiger charge is -2.12. The first kappa shape index (κ1) is 7.89. The molecule has 0 aromatic carbocycles. The Bertz CT molecular complexity index is 83.1. The molecule has 54 valence electrons. The molecule has 0 aromatic heterocycles. The molecule has 0 spiro atoms. The first-order valence-electron chi connectivity index (χ1n) is 3.16. The summed E-state index contributed by atoms with van der Waals surface area (Å²) in [5.74, 6) is 2.93. The Kier molecular flexibility index (Phi) is 3.37. The van der Waals surface area contributed by atoms with Crippen LogP contribution in [0, 0.1) is 5.92 Å². The normalized spacial score (nSPS) is 30.7. The van der Waals surface area contributed by atoms with Gasteiger partial charge in [-0.25, -0.2) is 0 Å². The highest BCUT2D eigenvalue weighted by Gasteiger charge is 2.22. The van der Waals surface area contributed by atoms with Crippen molar-refractivity contribution in [1.82, 2.24) is 0 Å². The maximum Gasteiger partial charge on any atom is 0.0673 e. The fourth-order valence-corrected chi connectivity index (χ4v) is 2.84. The molecule has 0 bridgehead atoms. The van der Waals surface area contributed by atoms with Gasteiger partial charge in [0.25, 0.3) is 0 Å². The van der Waals surface area contributed by atoms with Crippen molar-refractivity contribution in [2.75, 3.05) is 16.8 Å². The van der Waals surface area contributed by atoms with E-state index in [4.69, 9.17) is 0 Å². The summed E-state index contributed by atoms with van der Waals surface area (Å²) in [5, 5.41) is 10.0. The first-order valence-corrected chi connectivity index (χ1v) is 5.44. The Morgan fingerprint density at radius 1 is 1.78 bits per heavy atom. The molecule has 1 saturated heterocycles. The zero-order valence-electron chi connectivity index (χ0n) is 5.22.